The molecule has 0 aliphatic rings. The second-order valence-electron chi connectivity index (χ2n) is 5.95. The van der Waals surface area contributed by atoms with E-state index in [-0.39, 0.29) is 40.9 Å². The van der Waals surface area contributed by atoms with Crippen molar-refractivity contribution in [3.63, 3.8) is 0 Å². The fourth-order valence-electron chi connectivity index (χ4n) is 1.78. The molecule has 0 amide bonds. The van der Waals surface area contributed by atoms with Gasteiger partial charge in [0, 0.05) is 5.41 Å². The van der Waals surface area contributed by atoms with Crippen LogP contribution in [-0.2, 0) is 6.54 Å². The van der Waals surface area contributed by atoms with Gasteiger partial charge in [-0.25, -0.2) is 0 Å². The van der Waals surface area contributed by atoms with E-state index in [0.29, 0.717) is 0 Å². The molecule has 0 N–H and O–H groups in total. The van der Waals surface area contributed by atoms with E-state index in [1.54, 1.807) is 12.2 Å². The third-order valence-corrected chi connectivity index (χ3v) is 2.81. The van der Waals surface area contributed by atoms with Crippen LogP contribution >= 0.6 is 0 Å². The average molecular weight is 313 g/mol. The molecule has 0 bridgehead atoms. The number of hydrogen-bond donors (Lipinski definition) is 0. The van der Waals surface area contributed by atoms with Gasteiger partial charge in [-0.2, -0.15) is 0 Å². The van der Waals surface area contributed by atoms with Gasteiger partial charge in [0.25, 0.3) is 0 Å². The Kier molecular flexibility index (Phi) is 3.14. The summed E-state index contributed by atoms with van der Waals surface area (Å²) in [5.74, 6) is 5.87. The number of nitrogens with zero attached hydrogens (tertiary/aromatic N) is 2. The molecular formula is C20H22N2O. The van der Waals surface area contributed by atoms with Crippen LogP contribution in [0.2, 0.25) is 0 Å². The van der Waals surface area contributed by atoms with Gasteiger partial charge in [0.1, 0.15) is 0 Å². The largest absolute Gasteiger partial charge is 0.253 e. The Morgan fingerprint density at radius 2 is 1.96 bits per heavy atom. The molecule has 3 heteroatoms. The van der Waals surface area contributed by atoms with Gasteiger partial charge in [0.2, 0.25) is 0 Å². The average Bonchev–Trinajstić information content (AvgIpc) is 2.68. The van der Waals surface area contributed by atoms with Crippen LogP contribution in [0.1, 0.15) is 35.9 Å². The Balaban J connectivity index is 2.54. The Morgan fingerprint density at radius 1 is 1.22 bits per heavy atom. The van der Waals surface area contributed by atoms with Crippen LogP contribution in [0.25, 0.3) is 10.8 Å². The fraction of sp³-hybridized carbons (Fsp3) is 0.300. The van der Waals surface area contributed by atoms with Gasteiger partial charge in [-0.05, 0) is 43.2 Å². The summed E-state index contributed by atoms with van der Waals surface area (Å²) in [5.41, 5.74) is -0.121. The maximum Gasteiger partial charge on any atom is 0.0652 e. The molecule has 0 aliphatic heterocycles. The van der Waals surface area contributed by atoms with E-state index in [9.17, 15) is 4.91 Å². The molecule has 0 heterocycles. The van der Waals surface area contributed by atoms with Crippen molar-refractivity contribution in [2.24, 2.45) is 10.7 Å². The molecule has 0 atom stereocenters. The van der Waals surface area contributed by atoms with Crippen molar-refractivity contribution < 1.29 is 9.60 Å². The van der Waals surface area contributed by atoms with Crippen molar-refractivity contribution >= 4 is 10.8 Å². The van der Waals surface area contributed by atoms with Crippen molar-refractivity contribution in [2.75, 3.05) is 6.54 Å². The number of allylic oxidation sites excluding steroid dienone is 1. The second kappa shape index (κ2) is 7.60. The number of hydrogen-bond acceptors (Lipinski definition) is 2. The first kappa shape index (κ1) is 9.52. The quantitative estimate of drug-likeness (QED) is 0.445. The molecular weight excluding hydrogens is 284 g/mol. The third-order valence-electron chi connectivity index (χ3n) is 2.81. The summed E-state index contributed by atoms with van der Waals surface area (Å²) in [4.78, 5) is 11.3. The SMILES string of the molecule is [2H]c1c([2H])c([2H])c2c(CN(C/C=C/C#CC(C)(C)C)N=O)c([2H])c([2H])c([2H])c2c1[2H]. The molecule has 0 unspecified atom stereocenters. The summed E-state index contributed by atoms with van der Waals surface area (Å²) in [6.07, 6.45) is 3.19. The van der Waals surface area contributed by atoms with Gasteiger partial charge in [-0.3, -0.25) is 5.01 Å². The van der Waals surface area contributed by atoms with E-state index < -0.39 is 36.3 Å². The second-order valence-corrected chi connectivity index (χ2v) is 5.95. The fourth-order valence-corrected chi connectivity index (χ4v) is 1.78. The lowest BCUT2D eigenvalue weighted by Crippen LogP contribution is -2.16. The lowest BCUT2D eigenvalue weighted by atomic mass is 9.98. The number of benzene rings is 2. The predicted molar refractivity (Wildman–Crippen MR) is 96.5 cm³/mol. The van der Waals surface area contributed by atoms with Gasteiger partial charge < -0.3 is 0 Å². The van der Waals surface area contributed by atoms with Crippen molar-refractivity contribution in [3.05, 3.63) is 64.9 Å². The molecule has 2 rings (SSSR count). The molecule has 0 fully saturated rings. The standard InChI is InChI=1S/C20H22N2O/c1-20(2,3)14-7-4-8-15-22(21-23)16-18-12-9-11-17-10-5-6-13-19(17)18/h4-6,8-13H,15-16H2,1-3H3/b8-4+/i5D,6D,9D,10D,11D,12D,13D. The van der Waals surface area contributed by atoms with E-state index in [0.717, 1.165) is 5.01 Å². The van der Waals surface area contributed by atoms with Crippen LogP contribution in [0.15, 0.2) is 59.7 Å². The maximum absolute atomic E-state index is 11.3. The van der Waals surface area contributed by atoms with Crippen LogP contribution in [0.4, 0.5) is 0 Å². The Hall–Kier alpha value is -2.60. The molecule has 0 aliphatic carbocycles. The Morgan fingerprint density at radius 3 is 2.70 bits per heavy atom. The van der Waals surface area contributed by atoms with Gasteiger partial charge in [0.05, 0.1) is 28.0 Å². The highest BCUT2D eigenvalue weighted by Crippen LogP contribution is 2.20. The molecule has 23 heavy (non-hydrogen) atoms. The van der Waals surface area contributed by atoms with Crippen LogP contribution in [0, 0.1) is 22.2 Å². The molecule has 118 valence electrons. The zero-order valence-electron chi connectivity index (χ0n) is 20.4. The van der Waals surface area contributed by atoms with Gasteiger partial charge >= 0.3 is 0 Å². The van der Waals surface area contributed by atoms with E-state index in [1.165, 1.54) is 0 Å². The number of rotatable bonds is 5. The minimum absolute atomic E-state index is 0.0443. The number of fused-ring (bicyclic) bond motifs is 1. The van der Waals surface area contributed by atoms with E-state index in [4.69, 9.17) is 9.60 Å². The summed E-state index contributed by atoms with van der Waals surface area (Å²) >= 11 is 0. The van der Waals surface area contributed by atoms with Gasteiger partial charge in [0.15, 0.2) is 0 Å². The Bertz CT molecular complexity index is 1090. The molecule has 2 aromatic carbocycles. The van der Waals surface area contributed by atoms with Crippen LogP contribution in [-0.4, -0.2) is 11.6 Å². The minimum atomic E-state index is -0.519. The lowest BCUT2D eigenvalue weighted by molar-refractivity contribution is 0.308. The highest BCUT2D eigenvalue weighted by Gasteiger charge is 2.06. The van der Waals surface area contributed by atoms with Crippen LogP contribution < -0.4 is 0 Å². The first-order valence-corrected chi connectivity index (χ1v) is 7.15. The summed E-state index contributed by atoms with van der Waals surface area (Å²) in [5, 5.41) is 3.80. The third kappa shape index (κ3) is 5.27. The highest BCUT2D eigenvalue weighted by atomic mass is 16.3. The minimum Gasteiger partial charge on any atom is -0.253 e. The van der Waals surface area contributed by atoms with Crippen LogP contribution in [0.3, 0.4) is 0 Å². The summed E-state index contributed by atoms with van der Waals surface area (Å²) in [6.45, 7) is 5.70. The molecule has 0 spiro atoms. The molecule has 0 radical (unpaired) electrons. The van der Waals surface area contributed by atoms with E-state index >= 15 is 0 Å². The highest BCUT2D eigenvalue weighted by molar-refractivity contribution is 5.85. The number of nitroso groups, excluding NO2 is 1. The molecule has 0 saturated heterocycles. The summed E-state index contributed by atoms with van der Waals surface area (Å²) in [7, 11) is 0. The molecule has 3 nitrogen and oxygen atoms in total. The zero-order chi connectivity index (χ0) is 22.8. The summed E-state index contributed by atoms with van der Waals surface area (Å²) < 4.78 is 56.3. The molecule has 0 aromatic heterocycles. The first-order valence-electron chi connectivity index (χ1n) is 10.6. The van der Waals surface area contributed by atoms with Crippen molar-refractivity contribution in [1.29, 1.82) is 0 Å². The lowest BCUT2D eigenvalue weighted by Gasteiger charge is -2.14. The Labute approximate surface area is 147 Å². The monoisotopic (exact) mass is 313 g/mol. The predicted octanol–water partition coefficient (Wildman–Crippen LogP) is 4.93. The normalized spacial score (nSPS) is 15.5. The first-order chi connectivity index (χ1) is 13.9. The van der Waals surface area contributed by atoms with Crippen molar-refractivity contribution in [1.82, 2.24) is 5.01 Å². The van der Waals surface area contributed by atoms with Crippen molar-refractivity contribution in [3.8, 4) is 11.8 Å². The van der Waals surface area contributed by atoms with E-state index in [1.807, 2.05) is 20.8 Å². The molecule has 0 saturated carbocycles. The van der Waals surface area contributed by atoms with Gasteiger partial charge in [-0.1, -0.05) is 60.2 Å². The van der Waals surface area contributed by atoms with Crippen molar-refractivity contribution in [2.45, 2.75) is 27.3 Å². The summed E-state index contributed by atoms with van der Waals surface area (Å²) in [6, 6.07) is -3.19. The topological polar surface area (TPSA) is 32.7 Å². The van der Waals surface area contributed by atoms with E-state index in [2.05, 4.69) is 17.1 Å². The smallest absolute Gasteiger partial charge is 0.0652 e. The maximum atomic E-state index is 11.3. The van der Waals surface area contributed by atoms with Gasteiger partial charge in [-0.15, -0.1) is 4.91 Å². The van der Waals surface area contributed by atoms with Crippen LogP contribution in [0.5, 0.6) is 0 Å². The molecule has 2 aromatic rings. The zero-order valence-corrected chi connectivity index (χ0v) is 13.4.